The van der Waals surface area contributed by atoms with Crippen LogP contribution in [0.25, 0.3) is 10.9 Å². The molecule has 1 aliphatic carbocycles. The van der Waals surface area contributed by atoms with Gasteiger partial charge in [-0.2, -0.15) is 0 Å². The molecule has 0 amide bonds. The van der Waals surface area contributed by atoms with Gasteiger partial charge in [0, 0.05) is 51.6 Å². The number of hydrogen-bond donors (Lipinski definition) is 0. The molecule has 1 saturated carbocycles. The smallest absolute Gasteiger partial charge is 0.271 e. The maximum Gasteiger partial charge on any atom is 0.271 e. The third kappa shape index (κ3) is 3.65. The van der Waals surface area contributed by atoms with Crippen molar-refractivity contribution in [3.8, 4) is 0 Å². The van der Waals surface area contributed by atoms with E-state index >= 15 is 0 Å². The predicted octanol–water partition coefficient (Wildman–Crippen LogP) is 4.82. The lowest BCUT2D eigenvalue weighted by atomic mass is 10.0. The van der Waals surface area contributed by atoms with Crippen LogP contribution in [0.15, 0.2) is 53.6 Å². The summed E-state index contributed by atoms with van der Waals surface area (Å²) >= 11 is 0. The van der Waals surface area contributed by atoms with Gasteiger partial charge < -0.3 is 4.57 Å². The highest BCUT2D eigenvalue weighted by Crippen LogP contribution is 2.36. The molecule has 1 aliphatic rings. The lowest BCUT2D eigenvalue weighted by Crippen LogP contribution is -2.04. The number of carbonyl (C=O) groups is 1. The lowest BCUT2D eigenvalue weighted by molar-refractivity contribution is -0.384. The van der Waals surface area contributed by atoms with Crippen LogP contribution in [0.3, 0.4) is 0 Å². The maximum absolute atomic E-state index is 13.2. The van der Waals surface area contributed by atoms with E-state index < -0.39 is 14.0 Å². The summed E-state index contributed by atoms with van der Waals surface area (Å²) in [5.41, 5.74) is 1.17. The molecule has 0 N–H and O–H groups in total. The van der Waals surface area contributed by atoms with E-state index in [1.807, 2.05) is 4.57 Å². The molecule has 29 heavy (non-hydrogen) atoms. The van der Waals surface area contributed by atoms with Gasteiger partial charge in [-0.15, -0.1) is 0 Å². The minimum atomic E-state index is -3.97. The molecule has 1 aromatic heterocycles. The van der Waals surface area contributed by atoms with Crippen LogP contribution in [0.4, 0.5) is 5.69 Å². The quantitative estimate of drug-likeness (QED) is 0.249. The fourth-order valence-corrected chi connectivity index (χ4v) is 4.76. The number of fused-ring (bicyclic) bond motifs is 1. The fraction of sp³-hybridized carbons (Fsp3) is 0.250. The van der Waals surface area contributed by atoms with Crippen LogP contribution in [0.2, 0.25) is 0 Å². The van der Waals surface area contributed by atoms with Crippen molar-refractivity contribution in [2.24, 2.45) is 0 Å². The van der Waals surface area contributed by atoms with E-state index in [-0.39, 0.29) is 28.0 Å². The monoisotopic (exact) mass is 432 g/mol. The zero-order valence-electron chi connectivity index (χ0n) is 15.2. The van der Waals surface area contributed by atoms with E-state index in [1.165, 1.54) is 36.4 Å². The van der Waals surface area contributed by atoms with Gasteiger partial charge in [0.1, 0.15) is 0 Å². The van der Waals surface area contributed by atoms with Crippen molar-refractivity contribution in [2.75, 3.05) is 0 Å². The van der Waals surface area contributed by atoms with Crippen molar-refractivity contribution in [1.29, 1.82) is 0 Å². The molecule has 0 radical (unpaired) electrons. The Hall–Kier alpha value is -2.71. The second kappa shape index (κ2) is 7.27. The first-order valence-corrected chi connectivity index (χ1v) is 11.4. The van der Waals surface area contributed by atoms with Gasteiger partial charge in [0.25, 0.3) is 14.7 Å². The molecule has 2 aromatic carbocycles. The van der Waals surface area contributed by atoms with E-state index in [2.05, 4.69) is 0 Å². The minimum absolute atomic E-state index is 0.0379. The molecule has 7 nitrogen and oxygen atoms in total. The Balaban J connectivity index is 1.87. The van der Waals surface area contributed by atoms with Gasteiger partial charge in [-0.3, -0.25) is 14.9 Å². The lowest BCUT2D eigenvalue weighted by Gasteiger charge is -2.13. The number of rotatable bonds is 5. The highest BCUT2D eigenvalue weighted by molar-refractivity contribution is 8.13. The number of nitro groups is 1. The van der Waals surface area contributed by atoms with Gasteiger partial charge in [-0.25, -0.2) is 8.42 Å². The minimum Gasteiger partial charge on any atom is -0.343 e. The summed E-state index contributed by atoms with van der Waals surface area (Å²) in [6.45, 7) is 0. The molecule has 150 valence electrons. The van der Waals surface area contributed by atoms with Crippen LogP contribution in [-0.2, 0) is 9.05 Å². The second-order valence-electron chi connectivity index (χ2n) is 7.14. The van der Waals surface area contributed by atoms with Gasteiger partial charge in [-0.05, 0) is 31.0 Å². The Morgan fingerprint density at radius 1 is 1.14 bits per heavy atom. The number of aromatic nitrogens is 1. The van der Waals surface area contributed by atoms with Crippen molar-refractivity contribution in [3.63, 3.8) is 0 Å². The molecule has 0 bridgehead atoms. The van der Waals surface area contributed by atoms with Gasteiger partial charge in [0.15, 0.2) is 5.78 Å². The van der Waals surface area contributed by atoms with Gasteiger partial charge in [0.05, 0.1) is 15.3 Å². The average Bonchev–Trinajstić information content (AvgIpc) is 3.34. The molecule has 0 aliphatic heterocycles. The van der Waals surface area contributed by atoms with Gasteiger partial charge in [0.2, 0.25) is 0 Å². The molecule has 9 heteroatoms. The molecule has 0 unspecified atom stereocenters. The zero-order chi connectivity index (χ0) is 20.8. The number of non-ortho nitro benzene ring substituents is 1. The number of nitrogens with zero attached hydrogens (tertiary/aromatic N) is 2. The first kappa shape index (κ1) is 19.6. The van der Waals surface area contributed by atoms with Crippen LogP contribution >= 0.6 is 10.7 Å². The molecule has 0 spiro atoms. The molecule has 4 rings (SSSR count). The van der Waals surface area contributed by atoms with Crippen molar-refractivity contribution in [1.82, 2.24) is 4.57 Å². The van der Waals surface area contributed by atoms with Gasteiger partial charge in [-0.1, -0.05) is 25.0 Å². The van der Waals surface area contributed by atoms with Crippen molar-refractivity contribution >= 4 is 42.1 Å². The van der Waals surface area contributed by atoms with Crippen molar-refractivity contribution in [2.45, 2.75) is 36.6 Å². The van der Waals surface area contributed by atoms with Crippen molar-refractivity contribution < 1.29 is 18.1 Å². The summed E-state index contributed by atoms with van der Waals surface area (Å²) < 4.78 is 25.2. The van der Waals surface area contributed by atoms with Crippen LogP contribution in [0.5, 0.6) is 0 Å². The number of ketones is 1. The zero-order valence-corrected chi connectivity index (χ0v) is 16.8. The Bertz CT molecular complexity index is 1240. The molecule has 0 saturated heterocycles. The number of benzene rings is 2. The van der Waals surface area contributed by atoms with Crippen LogP contribution in [-0.4, -0.2) is 23.7 Å². The third-order valence-corrected chi connectivity index (χ3v) is 6.72. The Morgan fingerprint density at radius 3 is 2.52 bits per heavy atom. The summed E-state index contributed by atoms with van der Waals surface area (Å²) in [5.74, 6) is -0.359. The first-order valence-electron chi connectivity index (χ1n) is 9.14. The fourth-order valence-electron chi connectivity index (χ4n) is 3.96. The van der Waals surface area contributed by atoms with Crippen LogP contribution in [0, 0.1) is 10.1 Å². The summed E-state index contributed by atoms with van der Waals surface area (Å²) in [7, 11) is 1.44. The number of nitro benzene ring substituents is 1. The highest BCUT2D eigenvalue weighted by atomic mass is 35.7. The number of carbonyl (C=O) groups excluding carboxylic acids is 1. The first-order chi connectivity index (χ1) is 13.8. The summed E-state index contributed by atoms with van der Waals surface area (Å²) in [5, 5.41) is 11.8. The van der Waals surface area contributed by atoms with Crippen molar-refractivity contribution in [3.05, 3.63) is 69.9 Å². The normalized spacial score (nSPS) is 15.1. The maximum atomic E-state index is 13.2. The molecular formula is C20H17ClN2O5S. The standard InChI is InChI=1S/C20H17ClN2O5S/c21-29(27,28)16-7-3-4-13(10-16)20(24)18-12-22(14-5-1-2-6-14)19-11-15(23(25)26)8-9-17(18)19/h3-4,7-12,14H,1-2,5-6H2. The average molecular weight is 433 g/mol. The number of halogens is 1. The number of hydrogen-bond acceptors (Lipinski definition) is 5. The van der Waals surface area contributed by atoms with Crippen LogP contribution < -0.4 is 0 Å². The Morgan fingerprint density at radius 2 is 1.86 bits per heavy atom. The van der Waals surface area contributed by atoms with E-state index in [9.17, 15) is 23.3 Å². The molecule has 1 heterocycles. The Labute approximate surface area is 171 Å². The molecule has 1 fully saturated rings. The molecule has 0 atom stereocenters. The third-order valence-electron chi connectivity index (χ3n) is 5.37. The molecule has 3 aromatic rings. The summed E-state index contributed by atoms with van der Waals surface area (Å²) in [6, 6.07) is 10.2. The van der Waals surface area contributed by atoms with Gasteiger partial charge >= 0.3 is 0 Å². The second-order valence-corrected chi connectivity index (χ2v) is 9.71. The topological polar surface area (TPSA) is 99.3 Å². The summed E-state index contributed by atoms with van der Waals surface area (Å²) in [4.78, 5) is 23.8. The summed E-state index contributed by atoms with van der Waals surface area (Å²) in [6.07, 6.45) is 5.76. The largest absolute Gasteiger partial charge is 0.343 e. The van der Waals surface area contributed by atoms with Crippen LogP contribution in [0.1, 0.15) is 47.6 Å². The Kier molecular flexibility index (Phi) is 4.92. The van der Waals surface area contributed by atoms with E-state index in [0.29, 0.717) is 16.5 Å². The van der Waals surface area contributed by atoms with E-state index in [0.717, 1.165) is 25.7 Å². The SMILES string of the molecule is O=C(c1cccc(S(=O)(=O)Cl)c1)c1cn(C2CCCC2)c2cc([N+](=O)[O-])ccc12. The highest BCUT2D eigenvalue weighted by Gasteiger charge is 2.25. The van der Waals surface area contributed by atoms with E-state index in [4.69, 9.17) is 10.7 Å². The molecular weight excluding hydrogens is 416 g/mol. The van der Waals surface area contributed by atoms with E-state index in [1.54, 1.807) is 12.3 Å². The predicted molar refractivity (Wildman–Crippen MR) is 109 cm³/mol.